The molecular weight excluding hydrogens is 218 g/mol. The normalized spacial score (nSPS) is 16.2. The summed E-state index contributed by atoms with van der Waals surface area (Å²) in [7, 11) is 0. The predicted octanol–water partition coefficient (Wildman–Crippen LogP) is 0.269. The topological polar surface area (TPSA) is 91.2 Å². The number of imidazole rings is 1. The Morgan fingerprint density at radius 1 is 1.41 bits per heavy atom. The van der Waals surface area contributed by atoms with Gasteiger partial charge in [0.15, 0.2) is 5.84 Å². The van der Waals surface area contributed by atoms with Crippen LogP contribution in [0.25, 0.3) is 0 Å². The molecule has 94 valence electrons. The monoisotopic (exact) mass is 237 g/mol. The van der Waals surface area contributed by atoms with Crippen LogP contribution in [0.5, 0.6) is 0 Å². The first-order valence-electron chi connectivity index (χ1n) is 5.99. The highest BCUT2D eigenvalue weighted by atomic mass is 16.3. The summed E-state index contributed by atoms with van der Waals surface area (Å²) >= 11 is 0. The molecule has 6 heteroatoms. The maximum Gasteiger partial charge on any atom is 0.150 e. The molecule has 0 bridgehead atoms. The van der Waals surface area contributed by atoms with Gasteiger partial charge in [-0.1, -0.05) is 0 Å². The van der Waals surface area contributed by atoms with Crippen molar-refractivity contribution >= 4 is 11.7 Å². The van der Waals surface area contributed by atoms with Gasteiger partial charge < -0.3 is 20.3 Å². The lowest BCUT2D eigenvalue weighted by Gasteiger charge is -2.28. The fourth-order valence-corrected chi connectivity index (χ4v) is 2.13. The highest BCUT2D eigenvalue weighted by Gasteiger charge is 2.19. The summed E-state index contributed by atoms with van der Waals surface area (Å²) in [6.07, 6.45) is 5.07. The van der Waals surface area contributed by atoms with E-state index in [9.17, 15) is 0 Å². The summed E-state index contributed by atoms with van der Waals surface area (Å²) in [6, 6.07) is 0. The minimum absolute atomic E-state index is 0.0248. The molecule has 0 amide bonds. The van der Waals surface area contributed by atoms with E-state index in [1.165, 1.54) is 6.42 Å². The molecule has 2 rings (SSSR count). The second-order valence-corrected chi connectivity index (χ2v) is 4.29. The van der Waals surface area contributed by atoms with Gasteiger partial charge in [-0.25, -0.2) is 4.98 Å². The molecule has 0 radical (unpaired) electrons. The molecule has 0 atom stereocenters. The molecule has 0 spiro atoms. The molecule has 1 saturated heterocycles. The van der Waals surface area contributed by atoms with Gasteiger partial charge in [0.25, 0.3) is 0 Å². The summed E-state index contributed by atoms with van der Waals surface area (Å²) in [5, 5.41) is 17.0. The Kier molecular flexibility index (Phi) is 3.63. The second-order valence-electron chi connectivity index (χ2n) is 4.29. The maximum atomic E-state index is 8.87. The standard InChI is InChI=1S/C11H19N5O/c12-10(15-4-2-1-3-5-15)9-11(13)16(6-7-17)8-14-9/h8,12,17H,1-7,13H2. The van der Waals surface area contributed by atoms with Crippen LogP contribution in [-0.4, -0.2) is 45.1 Å². The smallest absolute Gasteiger partial charge is 0.150 e. The van der Waals surface area contributed by atoms with Crippen molar-refractivity contribution < 1.29 is 5.11 Å². The van der Waals surface area contributed by atoms with Gasteiger partial charge in [0.2, 0.25) is 0 Å². The first-order valence-corrected chi connectivity index (χ1v) is 5.99. The first kappa shape index (κ1) is 11.9. The number of rotatable bonds is 3. The van der Waals surface area contributed by atoms with Crippen LogP contribution in [0.2, 0.25) is 0 Å². The van der Waals surface area contributed by atoms with Gasteiger partial charge in [0, 0.05) is 19.6 Å². The number of amidine groups is 1. The number of nitrogens with two attached hydrogens (primary N) is 1. The minimum atomic E-state index is 0.0248. The molecule has 1 aromatic rings. The molecule has 6 nitrogen and oxygen atoms in total. The zero-order valence-corrected chi connectivity index (χ0v) is 9.89. The van der Waals surface area contributed by atoms with Crippen molar-refractivity contribution in [3.05, 3.63) is 12.0 Å². The summed E-state index contributed by atoms with van der Waals surface area (Å²) < 4.78 is 1.67. The third kappa shape index (κ3) is 2.41. The van der Waals surface area contributed by atoms with Gasteiger partial charge in [-0.3, -0.25) is 5.41 Å². The summed E-state index contributed by atoms with van der Waals surface area (Å²) in [5.74, 6) is 0.869. The number of hydrogen-bond donors (Lipinski definition) is 3. The number of nitrogens with one attached hydrogen (secondary N) is 1. The van der Waals surface area contributed by atoms with Crippen molar-refractivity contribution in [1.82, 2.24) is 14.5 Å². The Labute approximate surface area is 101 Å². The van der Waals surface area contributed by atoms with Crippen molar-refractivity contribution in [3.63, 3.8) is 0 Å². The van der Waals surface area contributed by atoms with Crippen LogP contribution in [0, 0.1) is 5.41 Å². The number of likely N-dealkylation sites (tertiary alicyclic amines) is 1. The van der Waals surface area contributed by atoms with Gasteiger partial charge in [0.05, 0.1) is 12.9 Å². The highest BCUT2D eigenvalue weighted by molar-refractivity contribution is 5.98. The van der Waals surface area contributed by atoms with Gasteiger partial charge in [-0.15, -0.1) is 0 Å². The van der Waals surface area contributed by atoms with Crippen LogP contribution in [-0.2, 0) is 6.54 Å². The third-order valence-corrected chi connectivity index (χ3v) is 3.12. The fraction of sp³-hybridized carbons (Fsp3) is 0.636. The number of hydrogen-bond acceptors (Lipinski definition) is 4. The average molecular weight is 237 g/mol. The lowest BCUT2D eigenvalue weighted by Crippen LogP contribution is -2.36. The Morgan fingerprint density at radius 3 is 2.76 bits per heavy atom. The van der Waals surface area contributed by atoms with Gasteiger partial charge in [0.1, 0.15) is 11.5 Å². The third-order valence-electron chi connectivity index (χ3n) is 3.12. The van der Waals surface area contributed by atoms with Crippen LogP contribution in [0.4, 0.5) is 5.82 Å². The summed E-state index contributed by atoms with van der Waals surface area (Å²) in [6.45, 7) is 2.26. The van der Waals surface area contributed by atoms with Crippen molar-refractivity contribution in [2.45, 2.75) is 25.8 Å². The number of nitrogen functional groups attached to an aromatic ring is 1. The van der Waals surface area contributed by atoms with E-state index in [1.807, 2.05) is 4.90 Å². The van der Waals surface area contributed by atoms with E-state index in [-0.39, 0.29) is 6.61 Å². The second kappa shape index (κ2) is 5.18. The van der Waals surface area contributed by atoms with Gasteiger partial charge >= 0.3 is 0 Å². The molecule has 0 saturated carbocycles. The van der Waals surface area contributed by atoms with E-state index < -0.39 is 0 Å². The van der Waals surface area contributed by atoms with Gasteiger partial charge in [-0.05, 0) is 19.3 Å². The highest BCUT2D eigenvalue weighted by Crippen LogP contribution is 2.16. The van der Waals surface area contributed by atoms with E-state index >= 15 is 0 Å². The summed E-state index contributed by atoms with van der Waals surface area (Å²) in [4.78, 5) is 6.19. The predicted molar refractivity (Wildman–Crippen MR) is 66.0 cm³/mol. The Morgan fingerprint density at radius 2 is 2.12 bits per heavy atom. The fourth-order valence-electron chi connectivity index (χ4n) is 2.13. The quantitative estimate of drug-likeness (QED) is 0.520. The Bertz CT molecular complexity index is 395. The minimum Gasteiger partial charge on any atom is -0.395 e. The van der Waals surface area contributed by atoms with Crippen molar-refractivity contribution in [2.75, 3.05) is 25.4 Å². The Balaban J connectivity index is 2.13. The van der Waals surface area contributed by atoms with Crippen LogP contribution < -0.4 is 5.73 Å². The number of aliphatic hydroxyl groups is 1. The van der Waals surface area contributed by atoms with Crippen LogP contribution >= 0.6 is 0 Å². The molecular formula is C11H19N5O. The van der Waals surface area contributed by atoms with Gasteiger partial charge in [-0.2, -0.15) is 0 Å². The first-order chi connectivity index (χ1) is 8.24. The molecule has 0 unspecified atom stereocenters. The van der Waals surface area contributed by atoms with Crippen LogP contribution in [0.3, 0.4) is 0 Å². The largest absolute Gasteiger partial charge is 0.395 e. The SMILES string of the molecule is N=C(c1ncn(CCO)c1N)N1CCCCC1. The number of anilines is 1. The van der Waals surface area contributed by atoms with E-state index in [1.54, 1.807) is 10.9 Å². The summed E-state index contributed by atoms with van der Waals surface area (Å²) in [5.41, 5.74) is 6.45. The average Bonchev–Trinajstić information content (AvgIpc) is 2.72. The molecule has 17 heavy (non-hydrogen) atoms. The molecule has 1 fully saturated rings. The number of piperidine rings is 1. The zero-order valence-electron chi connectivity index (χ0n) is 9.89. The molecule has 0 aliphatic carbocycles. The van der Waals surface area contributed by atoms with Crippen LogP contribution in [0.15, 0.2) is 6.33 Å². The molecule has 0 aromatic carbocycles. The van der Waals surface area contributed by atoms with E-state index in [0.717, 1.165) is 25.9 Å². The van der Waals surface area contributed by atoms with Crippen LogP contribution in [0.1, 0.15) is 25.0 Å². The lowest BCUT2D eigenvalue weighted by molar-refractivity contribution is 0.277. The Hall–Kier alpha value is -1.56. The number of nitrogens with zero attached hydrogens (tertiary/aromatic N) is 3. The number of aromatic nitrogens is 2. The molecule has 1 aliphatic heterocycles. The molecule has 1 aliphatic rings. The van der Waals surface area contributed by atoms with Crippen molar-refractivity contribution in [1.29, 1.82) is 5.41 Å². The van der Waals surface area contributed by atoms with Crippen molar-refractivity contribution in [2.24, 2.45) is 0 Å². The zero-order chi connectivity index (χ0) is 12.3. The number of aliphatic hydroxyl groups excluding tert-OH is 1. The molecule has 2 heterocycles. The van der Waals surface area contributed by atoms with E-state index in [2.05, 4.69) is 4.98 Å². The van der Waals surface area contributed by atoms with E-state index in [0.29, 0.717) is 23.9 Å². The van der Waals surface area contributed by atoms with Crippen molar-refractivity contribution in [3.8, 4) is 0 Å². The molecule has 4 N–H and O–H groups in total. The van der Waals surface area contributed by atoms with E-state index in [4.69, 9.17) is 16.2 Å². The lowest BCUT2D eigenvalue weighted by atomic mass is 10.1. The molecule has 1 aromatic heterocycles. The maximum absolute atomic E-state index is 8.87.